The number of rotatable bonds is 2. The van der Waals surface area contributed by atoms with Crippen LogP contribution >= 0.6 is 0 Å². The number of carbonyl (C=O) groups is 1. The van der Waals surface area contributed by atoms with Crippen molar-refractivity contribution in [2.24, 2.45) is 12.1 Å². The highest BCUT2D eigenvalue weighted by Crippen LogP contribution is 2.37. The first-order chi connectivity index (χ1) is 10.8. The molecule has 0 unspecified atom stereocenters. The minimum Gasteiger partial charge on any atom is -0.466 e. The molecule has 2 aromatic rings. The lowest BCUT2D eigenvalue weighted by Crippen LogP contribution is -2.32. The maximum Gasteiger partial charge on any atom is 0.417 e. The lowest BCUT2D eigenvalue weighted by atomic mass is 9.99. The number of hydrazone groups is 1. The summed E-state index contributed by atoms with van der Waals surface area (Å²) >= 11 is 0. The van der Waals surface area contributed by atoms with Gasteiger partial charge in [-0.2, -0.15) is 18.3 Å². The van der Waals surface area contributed by atoms with Gasteiger partial charge < -0.3 is 4.74 Å². The molecule has 0 radical (unpaired) electrons. The van der Waals surface area contributed by atoms with Crippen LogP contribution in [0, 0.1) is 0 Å². The van der Waals surface area contributed by atoms with Gasteiger partial charge in [0.1, 0.15) is 0 Å². The van der Waals surface area contributed by atoms with Crippen molar-refractivity contribution >= 4 is 11.8 Å². The van der Waals surface area contributed by atoms with E-state index < -0.39 is 17.6 Å². The van der Waals surface area contributed by atoms with Gasteiger partial charge >= 0.3 is 6.18 Å². The molecule has 2 heterocycles. The van der Waals surface area contributed by atoms with Crippen LogP contribution in [0.15, 0.2) is 35.7 Å². The van der Waals surface area contributed by atoms with E-state index >= 15 is 0 Å². The second-order valence-corrected chi connectivity index (χ2v) is 4.90. The molecule has 23 heavy (non-hydrogen) atoms. The standard InChI is InChI=1S/C14H11F3N4O2/c1-21-6-9(5-18-21)10-3-2-8(4-11(10)14(15,16)17)13-20-19-12(22)7-23-13/h2-6H,7H2,1H3,(H,19,22). The van der Waals surface area contributed by atoms with Gasteiger partial charge in [-0.25, -0.2) is 5.43 Å². The molecule has 120 valence electrons. The minimum absolute atomic E-state index is 0.00907. The molecule has 1 aliphatic rings. The van der Waals surface area contributed by atoms with Crippen molar-refractivity contribution in [1.82, 2.24) is 15.2 Å². The SMILES string of the molecule is Cn1cc(-c2ccc(C3=NNC(=O)CO3)cc2C(F)(F)F)cn1. The number of halogens is 3. The van der Waals surface area contributed by atoms with Crippen molar-refractivity contribution in [1.29, 1.82) is 0 Å². The molecule has 0 bridgehead atoms. The lowest BCUT2D eigenvalue weighted by molar-refractivity contribution is -0.137. The first-order valence-corrected chi connectivity index (χ1v) is 6.54. The fourth-order valence-corrected chi connectivity index (χ4v) is 2.18. The largest absolute Gasteiger partial charge is 0.466 e. The molecule has 0 saturated heterocycles. The summed E-state index contributed by atoms with van der Waals surface area (Å²) < 4.78 is 46.6. The Morgan fingerprint density at radius 2 is 2.09 bits per heavy atom. The monoisotopic (exact) mass is 324 g/mol. The second-order valence-electron chi connectivity index (χ2n) is 4.90. The van der Waals surface area contributed by atoms with Gasteiger partial charge in [-0.05, 0) is 17.7 Å². The predicted octanol–water partition coefficient (Wildman–Crippen LogP) is 1.91. The van der Waals surface area contributed by atoms with Crippen LogP contribution in [-0.4, -0.2) is 28.2 Å². The molecule has 0 aliphatic carbocycles. The van der Waals surface area contributed by atoms with Gasteiger partial charge in [0, 0.05) is 24.4 Å². The van der Waals surface area contributed by atoms with E-state index in [2.05, 4.69) is 15.6 Å². The van der Waals surface area contributed by atoms with Gasteiger partial charge in [-0.15, -0.1) is 5.10 Å². The minimum atomic E-state index is -4.56. The Labute approximate surface area is 128 Å². The molecule has 0 atom stereocenters. The quantitative estimate of drug-likeness (QED) is 0.917. The maximum atomic E-state index is 13.4. The number of nitrogens with zero attached hydrogens (tertiary/aromatic N) is 3. The molecular weight excluding hydrogens is 313 g/mol. The molecule has 1 amide bonds. The van der Waals surface area contributed by atoms with E-state index in [1.54, 1.807) is 7.05 Å². The fraction of sp³-hybridized carbons (Fsp3) is 0.214. The third-order valence-electron chi connectivity index (χ3n) is 3.21. The molecule has 1 aromatic heterocycles. The van der Waals surface area contributed by atoms with Gasteiger partial charge in [-0.3, -0.25) is 9.48 Å². The summed E-state index contributed by atoms with van der Waals surface area (Å²) in [5.74, 6) is -0.524. The molecule has 3 rings (SSSR count). The number of ether oxygens (including phenoxy) is 1. The predicted molar refractivity (Wildman–Crippen MR) is 74.3 cm³/mol. The molecule has 1 N–H and O–H groups in total. The summed E-state index contributed by atoms with van der Waals surface area (Å²) in [4.78, 5) is 11.0. The van der Waals surface area contributed by atoms with E-state index in [1.165, 1.54) is 29.2 Å². The number of carbonyl (C=O) groups excluding carboxylic acids is 1. The molecule has 0 spiro atoms. The Morgan fingerprint density at radius 1 is 1.30 bits per heavy atom. The number of aryl methyl sites for hydroxylation is 1. The summed E-state index contributed by atoms with van der Waals surface area (Å²) in [6, 6.07) is 3.73. The van der Waals surface area contributed by atoms with E-state index in [1.807, 2.05) is 0 Å². The third kappa shape index (κ3) is 3.03. The van der Waals surface area contributed by atoms with Gasteiger partial charge in [-0.1, -0.05) is 6.07 Å². The van der Waals surface area contributed by atoms with Gasteiger partial charge in [0.25, 0.3) is 5.91 Å². The zero-order valence-corrected chi connectivity index (χ0v) is 11.9. The van der Waals surface area contributed by atoms with Crippen LogP contribution in [0.4, 0.5) is 13.2 Å². The van der Waals surface area contributed by atoms with Gasteiger partial charge in [0.05, 0.1) is 11.8 Å². The third-order valence-corrected chi connectivity index (χ3v) is 3.21. The van der Waals surface area contributed by atoms with Crippen LogP contribution in [0.3, 0.4) is 0 Å². The Balaban J connectivity index is 2.08. The van der Waals surface area contributed by atoms with Crippen molar-refractivity contribution in [3.63, 3.8) is 0 Å². The van der Waals surface area contributed by atoms with Gasteiger partial charge in [0.15, 0.2) is 6.61 Å². The maximum absolute atomic E-state index is 13.4. The number of alkyl halides is 3. The number of aromatic nitrogens is 2. The fourth-order valence-electron chi connectivity index (χ4n) is 2.18. The van der Waals surface area contributed by atoms with E-state index in [9.17, 15) is 18.0 Å². The molecule has 1 aromatic carbocycles. The summed E-state index contributed by atoms with van der Waals surface area (Å²) in [6.45, 7) is -0.287. The molecule has 0 saturated carbocycles. The van der Waals surface area contributed by atoms with E-state index in [0.717, 1.165) is 6.07 Å². The highest BCUT2D eigenvalue weighted by molar-refractivity contribution is 5.98. The summed E-state index contributed by atoms with van der Waals surface area (Å²) in [5.41, 5.74) is 1.83. The summed E-state index contributed by atoms with van der Waals surface area (Å²) in [6.07, 6.45) is -1.70. The van der Waals surface area contributed by atoms with Crippen LogP contribution in [-0.2, 0) is 22.8 Å². The highest BCUT2D eigenvalue weighted by Gasteiger charge is 2.35. The molecule has 0 fully saturated rings. The molecule has 1 aliphatic heterocycles. The van der Waals surface area contributed by atoms with Gasteiger partial charge in [0.2, 0.25) is 5.90 Å². The average molecular weight is 324 g/mol. The smallest absolute Gasteiger partial charge is 0.417 e. The van der Waals surface area contributed by atoms with Crippen LogP contribution in [0.2, 0.25) is 0 Å². The van der Waals surface area contributed by atoms with Crippen LogP contribution in [0.25, 0.3) is 11.1 Å². The highest BCUT2D eigenvalue weighted by atomic mass is 19.4. The zero-order valence-electron chi connectivity index (χ0n) is 11.9. The van der Waals surface area contributed by atoms with Crippen LogP contribution in [0.5, 0.6) is 0 Å². The Kier molecular flexibility index (Phi) is 3.55. The Bertz CT molecular complexity index is 796. The topological polar surface area (TPSA) is 68.5 Å². The number of amides is 1. The zero-order chi connectivity index (χ0) is 16.6. The van der Waals surface area contributed by atoms with E-state index in [-0.39, 0.29) is 23.6 Å². The molecule has 6 nitrogen and oxygen atoms in total. The number of hydrogen-bond acceptors (Lipinski definition) is 4. The van der Waals surface area contributed by atoms with Crippen molar-refractivity contribution < 1.29 is 22.7 Å². The van der Waals surface area contributed by atoms with Crippen molar-refractivity contribution in [2.45, 2.75) is 6.18 Å². The first kappa shape index (κ1) is 15.1. The molecular formula is C14H11F3N4O2. The second kappa shape index (κ2) is 5.41. The van der Waals surface area contributed by atoms with Crippen LogP contribution in [0.1, 0.15) is 11.1 Å². The molecule has 9 heteroatoms. The normalized spacial score (nSPS) is 15.0. The van der Waals surface area contributed by atoms with Crippen molar-refractivity contribution in [3.8, 4) is 11.1 Å². The Hall–Kier alpha value is -2.84. The average Bonchev–Trinajstić information content (AvgIpc) is 2.93. The van der Waals surface area contributed by atoms with Crippen molar-refractivity contribution in [2.75, 3.05) is 6.61 Å². The van der Waals surface area contributed by atoms with E-state index in [4.69, 9.17) is 4.74 Å². The first-order valence-electron chi connectivity index (χ1n) is 6.54. The van der Waals surface area contributed by atoms with E-state index in [0.29, 0.717) is 5.56 Å². The number of benzene rings is 1. The summed E-state index contributed by atoms with van der Waals surface area (Å²) in [5, 5.41) is 7.51. The van der Waals surface area contributed by atoms with Crippen LogP contribution < -0.4 is 5.43 Å². The Morgan fingerprint density at radius 3 is 2.65 bits per heavy atom. The number of nitrogens with one attached hydrogen (secondary N) is 1. The number of hydrogen-bond donors (Lipinski definition) is 1. The summed E-state index contributed by atoms with van der Waals surface area (Å²) in [7, 11) is 1.62. The lowest BCUT2D eigenvalue weighted by Gasteiger charge is -2.17. The van der Waals surface area contributed by atoms with Crippen molar-refractivity contribution in [3.05, 3.63) is 41.7 Å².